The van der Waals surface area contributed by atoms with Gasteiger partial charge in [-0.1, -0.05) is 12.1 Å². The highest BCUT2D eigenvalue weighted by Gasteiger charge is 2.58. The third-order valence-electron chi connectivity index (χ3n) is 8.49. The van der Waals surface area contributed by atoms with Gasteiger partial charge in [0.05, 0.1) is 11.6 Å². The Bertz CT molecular complexity index is 1260. The number of anilines is 1. The number of rotatable bonds is 7. The highest BCUT2D eigenvalue weighted by Crippen LogP contribution is 2.62. The lowest BCUT2D eigenvalue weighted by molar-refractivity contribution is -0.119. The van der Waals surface area contributed by atoms with Crippen molar-refractivity contribution in [1.29, 1.82) is 5.26 Å². The smallest absolute Gasteiger partial charge is 0.322 e. The minimum Gasteiger partial charge on any atom is -0.352 e. The minimum absolute atomic E-state index is 0.0221. The molecule has 5 rings (SSSR count). The Labute approximate surface area is 221 Å². The zero-order valence-corrected chi connectivity index (χ0v) is 21.6. The number of likely N-dealkylation sites (tertiary alicyclic amines) is 1. The quantitative estimate of drug-likeness (QED) is 0.566. The molecule has 2 aromatic rings. The van der Waals surface area contributed by atoms with E-state index in [2.05, 4.69) is 27.7 Å². The molecule has 200 valence electrons. The molecular weight excluding hydrogens is 488 g/mol. The summed E-state index contributed by atoms with van der Waals surface area (Å²) < 4.78 is 27.2. The molecule has 9 heteroatoms. The van der Waals surface area contributed by atoms with E-state index in [1.165, 1.54) is 18.6 Å². The second kappa shape index (κ2) is 10.7. The summed E-state index contributed by atoms with van der Waals surface area (Å²) in [6.07, 6.45) is 4.53. The Balaban J connectivity index is 1.28. The van der Waals surface area contributed by atoms with Crippen LogP contribution in [0.3, 0.4) is 0 Å². The van der Waals surface area contributed by atoms with Crippen LogP contribution in [-0.4, -0.2) is 60.0 Å². The highest BCUT2D eigenvalue weighted by molar-refractivity contribution is 5.89. The minimum atomic E-state index is -1.00. The molecule has 2 aromatic carbocycles. The standard InChI is InChI=1S/C29H33F2N5O2/c1-19(37)33-24-8-10-35(18-24)11-12-36(28(38)34-23-5-6-26(30)27(31)15-23)25-7-9-29(16-22(29)14-25)21-4-2-3-20(13-21)17-32/h2-6,13,15,22,24-25H,7-12,14,16,18H2,1H3,(H,33,37)(H,34,38)/t22?,24?,25-,29-/m0/s1. The highest BCUT2D eigenvalue weighted by atomic mass is 19.2. The van der Waals surface area contributed by atoms with Crippen LogP contribution in [-0.2, 0) is 10.2 Å². The zero-order chi connectivity index (χ0) is 26.9. The Kier molecular flexibility index (Phi) is 7.35. The third kappa shape index (κ3) is 5.51. The number of amides is 3. The zero-order valence-electron chi connectivity index (χ0n) is 21.6. The number of hydrogen-bond donors (Lipinski definition) is 2. The first-order valence-electron chi connectivity index (χ1n) is 13.3. The molecule has 2 unspecified atom stereocenters. The van der Waals surface area contributed by atoms with Gasteiger partial charge in [0, 0.05) is 56.9 Å². The summed E-state index contributed by atoms with van der Waals surface area (Å²) in [5, 5.41) is 15.1. The Morgan fingerprint density at radius 1 is 1.18 bits per heavy atom. The van der Waals surface area contributed by atoms with E-state index < -0.39 is 11.6 Å². The van der Waals surface area contributed by atoms with Gasteiger partial charge in [0.15, 0.2) is 11.6 Å². The van der Waals surface area contributed by atoms with E-state index in [1.807, 2.05) is 23.1 Å². The summed E-state index contributed by atoms with van der Waals surface area (Å²) >= 11 is 0. The van der Waals surface area contributed by atoms with Crippen molar-refractivity contribution in [3.05, 3.63) is 65.2 Å². The molecule has 0 bridgehead atoms. The topological polar surface area (TPSA) is 88.5 Å². The molecule has 2 aliphatic carbocycles. The SMILES string of the molecule is CC(=O)NC1CCN(CCN(C(=O)Nc2ccc(F)c(F)c2)[C@H]2CC[C@@]3(c4cccc(C#N)c4)CC3C2)C1. The maximum Gasteiger partial charge on any atom is 0.322 e. The molecular formula is C29H33F2N5O2. The van der Waals surface area contributed by atoms with Gasteiger partial charge in [-0.3, -0.25) is 9.69 Å². The second-order valence-corrected chi connectivity index (χ2v) is 10.9. The van der Waals surface area contributed by atoms with Crippen LogP contribution >= 0.6 is 0 Å². The van der Waals surface area contributed by atoms with Gasteiger partial charge >= 0.3 is 6.03 Å². The van der Waals surface area contributed by atoms with Gasteiger partial charge in [-0.15, -0.1) is 0 Å². The van der Waals surface area contributed by atoms with Gasteiger partial charge in [-0.25, -0.2) is 13.6 Å². The van der Waals surface area contributed by atoms with Gasteiger partial charge in [0.2, 0.25) is 5.91 Å². The van der Waals surface area contributed by atoms with Crippen molar-refractivity contribution in [2.45, 2.75) is 56.5 Å². The van der Waals surface area contributed by atoms with Gasteiger partial charge in [-0.05, 0) is 73.3 Å². The molecule has 3 fully saturated rings. The molecule has 1 heterocycles. The number of halogens is 2. The molecule has 0 radical (unpaired) electrons. The van der Waals surface area contributed by atoms with Crippen molar-refractivity contribution in [3.8, 4) is 6.07 Å². The van der Waals surface area contributed by atoms with Crippen molar-refractivity contribution in [1.82, 2.24) is 15.1 Å². The third-order valence-corrected chi connectivity index (χ3v) is 8.49. The van der Waals surface area contributed by atoms with Crippen molar-refractivity contribution >= 4 is 17.6 Å². The van der Waals surface area contributed by atoms with Gasteiger partial charge < -0.3 is 15.5 Å². The number of carbonyl (C=O) groups is 2. The molecule has 2 saturated carbocycles. The van der Waals surface area contributed by atoms with Gasteiger partial charge in [0.1, 0.15) is 0 Å². The molecule has 1 aliphatic heterocycles. The number of hydrogen-bond acceptors (Lipinski definition) is 4. The summed E-state index contributed by atoms with van der Waals surface area (Å²) in [4.78, 5) is 29.0. The number of carbonyl (C=O) groups excluding carboxylic acids is 2. The number of benzene rings is 2. The normalized spacial score (nSPS) is 26.2. The summed E-state index contributed by atoms with van der Waals surface area (Å²) in [6.45, 7) is 4.26. The van der Waals surface area contributed by atoms with E-state index in [9.17, 15) is 23.6 Å². The van der Waals surface area contributed by atoms with E-state index in [0.717, 1.165) is 57.3 Å². The first-order valence-corrected chi connectivity index (χ1v) is 13.3. The summed E-state index contributed by atoms with van der Waals surface area (Å²) in [5.41, 5.74) is 2.17. The molecule has 4 atom stereocenters. The number of fused-ring (bicyclic) bond motifs is 1. The predicted octanol–water partition coefficient (Wildman–Crippen LogP) is 4.39. The Morgan fingerprint density at radius 3 is 2.76 bits per heavy atom. The molecule has 2 N–H and O–H groups in total. The number of nitriles is 1. The van der Waals surface area contributed by atoms with E-state index in [-0.39, 0.29) is 35.1 Å². The largest absolute Gasteiger partial charge is 0.352 e. The van der Waals surface area contributed by atoms with E-state index in [0.29, 0.717) is 24.6 Å². The van der Waals surface area contributed by atoms with Crippen LogP contribution in [0.15, 0.2) is 42.5 Å². The van der Waals surface area contributed by atoms with E-state index in [1.54, 1.807) is 0 Å². The summed E-state index contributed by atoms with van der Waals surface area (Å²) in [6, 6.07) is 13.3. The summed E-state index contributed by atoms with van der Waals surface area (Å²) in [7, 11) is 0. The fourth-order valence-corrected chi connectivity index (χ4v) is 6.46. The molecule has 7 nitrogen and oxygen atoms in total. The number of urea groups is 1. The number of nitrogens with zero attached hydrogens (tertiary/aromatic N) is 3. The van der Waals surface area contributed by atoms with Crippen LogP contribution in [0.2, 0.25) is 0 Å². The molecule has 1 saturated heterocycles. The first kappa shape index (κ1) is 26.1. The van der Waals surface area contributed by atoms with Crippen LogP contribution in [0.1, 0.15) is 50.2 Å². The lowest BCUT2D eigenvalue weighted by atomic mass is 9.80. The maximum atomic E-state index is 13.8. The van der Waals surface area contributed by atoms with Gasteiger partial charge in [-0.2, -0.15) is 5.26 Å². The lowest BCUT2D eigenvalue weighted by Gasteiger charge is -2.37. The molecule has 0 spiro atoms. The average molecular weight is 522 g/mol. The van der Waals surface area contributed by atoms with E-state index in [4.69, 9.17) is 0 Å². The van der Waals surface area contributed by atoms with Crippen molar-refractivity contribution in [3.63, 3.8) is 0 Å². The lowest BCUT2D eigenvalue weighted by Crippen LogP contribution is -2.48. The number of nitrogens with one attached hydrogen (secondary N) is 2. The fraction of sp³-hybridized carbons (Fsp3) is 0.483. The Hall–Kier alpha value is -3.51. The van der Waals surface area contributed by atoms with Crippen LogP contribution < -0.4 is 10.6 Å². The first-order chi connectivity index (χ1) is 18.3. The molecule has 3 amide bonds. The molecule has 38 heavy (non-hydrogen) atoms. The van der Waals surface area contributed by atoms with Crippen LogP contribution in [0.25, 0.3) is 0 Å². The van der Waals surface area contributed by atoms with Crippen molar-refractivity contribution in [2.24, 2.45) is 5.92 Å². The maximum absolute atomic E-state index is 13.8. The summed E-state index contributed by atoms with van der Waals surface area (Å²) in [5.74, 6) is -1.57. The molecule has 3 aliphatic rings. The predicted molar refractivity (Wildman–Crippen MR) is 139 cm³/mol. The monoisotopic (exact) mass is 521 g/mol. The van der Waals surface area contributed by atoms with Crippen LogP contribution in [0.5, 0.6) is 0 Å². The molecule has 0 aromatic heterocycles. The average Bonchev–Trinajstić information content (AvgIpc) is 3.49. The fourth-order valence-electron chi connectivity index (χ4n) is 6.46. The van der Waals surface area contributed by atoms with Crippen LogP contribution in [0, 0.1) is 28.9 Å². The van der Waals surface area contributed by atoms with Gasteiger partial charge in [0.25, 0.3) is 0 Å². The van der Waals surface area contributed by atoms with Crippen molar-refractivity contribution in [2.75, 3.05) is 31.5 Å². The van der Waals surface area contributed by atoms with Crippen LogP contribution in [0.4, 0.5) is 19.3 Å². The van der Waals surface area contributed by atoms with E-state index >= 15 is 0 Å². The second-order valence-electron chi connectivity index (χ2n) is 10.9. The van der Waals surface area contributed by atoms with Crippen molar-refractivity contribution < 1.29 is 18.4 Å². The Morgan fingerprint density at radius 2 is 2.03 bits per heavy atom.